The van der Waals surface area contributed by atoms with Crippen LogP contribution < -0.4 is 14.8 Å². The standard InChI is InChI=1S/C23H36N2O5S/c1-4-5-7-17-8-6-9-20(17)24-23(26)18-12-14-25(15-13-18)31(27,28)19-10-11-21(29-2)22(16-19)30-3/h10-11,16-18,20H,4-9,12-15H2,1-3H3,(H,24,26). The lowest BCUT2D eigenvalue weighted by Gasteiger charge is -2.32. The Bertz CT molecular complexity index is 850. The molecule has 2 atom stereocenters. The Hall–Kier alpha value is -1.80. The number of unbranched alkanes of at least 4 members (excludes halogenated alkanes) is 1. The number of piperidine rings is 1. The number of carbonyl (C=O) groups excluding carboxylic acids is 1. The van der Waals surface area contributed by atoms with E-state index in [0.717, 1.165) is 6.42 Å². The van der Waals surface area contributed by atoms with Crippen molar-refractivity contribution in [3.8, 4) is 11.5 Å². The first-order valence-corrected chi connectivity index (χ1v) is 12.9. The fraction of sp³-hybridized carbons (Fsp3) is 0.696. The summed E-state index contributed by atoms with van der Waals surface area (Å²) in [6.07, 6.45) is 8.12. The summed E-state index contributed by atoms with van der Waals surface area (Å²) in [6.45, 7) is 2.89. The first-order valence-electron chi connectivity index (χ1n) is 11.4. The molecule has 31 heavy (non-hydrogen) atoms. The first kappa shape index (κ1) is 23.9. The van der Waals surface area contributed by atoms with Crippen LogP contribution in [0.25, 0.3) is 0 Å². The Labute approximate surface area is 186 Å². The summed E-state index contributed by atoms with van der Waals surface area (Å²) in [6, 6.07) is 4.91. The highest BCUT2D eigenvalue weighted by Crippen LogP contribution is 2.33. The van der Waals surface area contributed by atoms with Gasteiger partial charge >= 0.3 is 0 Å². The summed E-state index contributed by atoms with van der Waals surface area (Å²) < 4.78 is 38.1. The number of hydrogen-bond acceptors (Lipinski definition) is 5. The van der Waals surface area contributed by atoms with E-state index in [-0.39, 0.29) is 22.8 Å². The highest BCUT2D eigenvalue weighted by atomic mass is 32.2. The van der Waals surface area contributed by atoms with E-state index in [1.54, 1.807) is 6.07 Å². The Balaban J connectivity index is 1.58. The molecule has 7 nitrogen and oxygen atoms in total. The number of benzene rings is 1. The topological polar surface area (TPSA) is 84.9 Å². The van der Waals surface area contributed by atoms with Crippen LogP contribution in [0.5, 0.6) is 11.5 Å². The third-order valence-electron chi connectivity index (χ3n) is 6.73. The van der Waals surface area contributed by atoms with Gasteiger partial charge in [-0.1, -0.05) is 26.2 Å². The summed E-state index contributed by atoms with van der Waals surface area (Å²) in [5.74, 6) is 1.43. The molecule has 1 aliphatic heterocycles. The maximum Gasteiger partial charge on any atom is 0.243 e. The van der Waals surface area contributed by atoms with Crippen LogP contribution in [-0.4, -0.2) is 52.0 Å². The Kier molecular flexibility index (Phi) is 8.22. The molecule has 1 N–H and O–H groups in total. The Morgan fingerprint density at radius 1 is 1.10 bits per heavy atom. The quantitative estimate of drug-likeness (QED) is 0.619. The highest BCUT2D eigenvalue weighted by Gasteiger charge is 2.35. The lowest BCUT2D eigenvalue weighted by Crippen LogP contribution is -2.46. The molecule has 1 heterocycles. The second-order valence-corrected chi connectivity index (χ2v) is 10.6. The third-order valence-corrected chi connectivity index (χ3v) is 8.63. The van der Waals surface area contributed by atoms with E-state index in [0.29, 0.717) is 43.3 Å². The van der Waals surface area contributed by atoms with Crippen molar-refractivity contribution in [2.45, 2.75) is 69.2 Å². The van der Waals surface area contributed by atoms with Crippen LogP contribution in [0.3, 0.4) is 0 Å². The van der Waals surface area contributed by atoms with Crippen LogP contribution in [0, 0.1) is 11.8 Å². The van der Waals surface area contributed by atoms with E-state index in [2.05, 4.69) is 12.2 Å². The predicted octanol–water partition coefficient (Wildman–Crippen LogP) is 3.58. The molecule has 2 unspecified atom stereocenters. The van der Waals surface area contributed by atoms with E-state index < -0.39 is 10.0 Å². The molecule has 1 aliphatic carbocycles. The summed E-state index contributed by atoms with van der Waals surface area (Å²) in [4.78, 5) is 13.0. The number of carbonyl (C=O) groups is 1. The van der Waals surface area contributed by atoms with Gasteiger partial charge in [-0.25, -0.2) is 8.42 Å². The molecule has 2 aliphatic rings. The molecule has 0 radical (unpaired) electrons. The molecular formula is C23H36N2O5S. The van der Waals surface area contributed by atoms with Crippen molar-refractivity contribution in [2.24, 2.45) is 11.8 Å². The van der Waals surface area contributed by atoms with Crippen LogP contribution in [0.4, 0.5) is 0 Å². The number of amides is 1. The smallest absolute Gasteiger partial charge is 0.243 e. The predicted molar refractivity (Wildman–Crippen MR) is 120 cm³/mol. The molecule has 1 amide bonds. The van der Waals surface area contributed by atoms with Gasteiger partial charge in [0.15, 0.2) is 11.5 Å². The number of ether oxygens (including phenoxy) is 2. The van der Waals surface area contributed by atoms with Crippen molar-refractivity contribution in [3.63, 3.8) is 0 Å². The first-order chi connectivity index (χ1) is 14.9. The number of rotatable bonds is 9. The van der Waals surface area contributed by atoms with Gasteiger partial charge < -0.3 is 14.8 Å². The molecule has 1 aromatic rings. The normalized spacial score (nSPS) is 22.9. The van der Waals surface area contributed by atoms with Gasteiger partial charge in [0.25, 0.3) is 0 Å². The largest absolute Gasteiger partial charge is 0.493 e. The van der Waals surface area contributed by atoms with Gasteiger partial charge in [0.05, 0.1) is 19.1 Å². The van der Waals surface area contributed by atoms with Crippen LogP contribution in [0.1, 0.15) is 58.3 Å². The average molecular weight is 453 g/mol. The van der Waals surface area contributed by atoms with Crippen molar-refractivity contribution in [1.82, 2.24) is 9.62 Å². The minimum atomic E-state index is -3.64. The Morgan fingerprint density at radius 3 is 2.45 bits per heavy atom. The minimum absolute atomic E-state index is 0.0940. The zero-order valence-corrected chi connectivity index (χ0v) is 19.7. The van der Waals surface area contributed by atoms with E-state index in [4.69, 9.17) is 9.47 Å². The highest BCUT2D eigenvalue weighted by molar-refractivity contribution is 7.89. The van der Waals surface area contributed by atoms with Crippen LogP contribution in [0.2, 0.25) is 0 Å². The van der Waals surface area contributed by atoms with Crippen molar-refractivity contribution >= 4 is 15.9 Å². The number of methoxy groups -OCH3 is 2. The molecule has 0 bridgehead atoms. The number of sulfonamides is 1. The fourth-order valence-corrected chi connectivity index (χ4v) is 6.31. The van der Waals surface area contributed by atoms with Gasteiger partial charge in [0.1, 0.15) is 0 Å². The SMILES string of the molecule is CCCCC1CCCC1NC(=O)C1CCN(S(=O)(=O)c2ccc(OC)c(OC)c2)CC1. The molecule has 2 fully saturated rings. The molecule has 8 heteroatoms. The van der Waals surface area contributed by atoms with Gasteiger partial charge in [-0.15, -0.1) is 0 Å². The molecule has 0 spiro atoms. The van der Waals surface area contributed by atoms with E-state index in [9.17, 15) is 13.2 Å². The third kappa shape index (κ3) is 5.52. The maximum absolute atomic E-state index is 13.1. The molecule has 3 rings (SSSR count). The average Bonchev–Trinajstić information content (AvgIpc) is 3.23. The molecule has 1 aromatic carbocycles. The van der Waals surface area contributed by atoms with Gasteiger partial charge in [-0.2, -0.15) is 4.31 Å². The molecule has 1 saturated carbocycles. The van der Waals surface area contributed by atoms with Crippen molar-refractivity contribution < 1.29 is 22.7 Å². The lowest BCUT2D eigenvalue weighted by molar-refractivity contribution is -0.127. The second-order valence-electron chi connectivity index (χ2n) is 8.64. The number of nitrogens with one attached hydrogen (secondary N) is 1. The Morgan fingerprint density at radius 2 is 1.81 bits per heavy atom. The minimum Gasteiger partial charge on any atom is -0.493 e. The van der Waals surface area contributed by atoms with Crippen LogP contribution in [-0.2, 0) is 14.8 Å². The van der Waals surface area contributed by atoms with Crippen LogP contribution >= 0.6 is 0 Å². The summed E-state index contributed by atoms with van der Waals surface area (Å²) in [5, 5.41) is 3.28. The lowest BCUT2D eigenvalue weighted by atomic mass is 9.94. The van der Waals surface area contributed by atoms with Crippen LogP contribution in [0.15, 0.2) is 23.1 Å². The van der Waals surface area contributed by atoms with Crippen molar-refractivity contribution in [1.29, 1.82) is 0 Å². The molecule has 174 valence electrons. The molecule has 1 saturated heterocycles. The maximum atomic E-state index is 13.1. The van der Waals surface area contributed by atoms with Crippen molar-refractivity contribution in [3.05, 3.63) is 18.2 Å². The summed E-state index contributed by atoms with van der Waals surface area (Å²) >= 11 is 0. The zero-order valence-electron chi connectivity index (χ0n) is 18.9. The van der Waals surface area contributed by atoms with E-state index >= 15 is 0 Å². The van der Waals surface area contributed by atoms with Gasteiger partial charge in [-0.05, 0) is 50.2 Å². The molecule has 0 aromatic heterocycles. The molecular weight excluding hydrogens is 416 g/mol. The number of hydrogen-bond donors (Lipinski definition) is 1. The van der Waals surface area contributed by atoms with Crippen molar-refractivity contribution in [2.75, 3.05) is 27.3 Å². The second kappa shape index (κ2) is 10.7. The van der Waals surface area contributed by atoms with Gasteiger partial charge in [0.2, 0.25) is 15.9 Å². The monoisotopic (exact) mass is 452 g/mol. The fourth-order valence-electron chi connectivity index (χ4n) is 4.82. The number of nitrogens with zero attached hydrogens (tertiary/aromatic N) is 1. The zero-order chi connectivity index (χ0) is 22.4. The summed E-state index contributed by atoms with van der Waals surface area (Å²) in [7, 11) is -0.649. The van der Waals surface area contributed by atoms with E-state index in [1.165, 1.54) is 62.8 Å². The van der Waals surface area contributed by atoms with Gasteiger partial charge in [-0.3, -0.25) is 4.79 Å². The van der Waals surface area contributed by atoms with Gasteiger partial charge in [0, 0.05) is 31.1 Å². The van der Waals surface area contributed by atoms with E-state index in [1.807, 2.05) is 0 Å². The summed E-state index contributed by atoms with van der Waals surface area (Å²) in [5.41, 5.74) is 0.